The molecule has 2 heterocycles. The van der Waals surface area contributed by atoms with Crippen LogP contribution in [0.1, 0.15) is 31.7 Å². The Bertz CT molecular complexity index is 537. The fourth-order valence-corrected chi connectivity index (χ4v) is 1.92. The lowest BCUT2D eigenvalue weighted by Gasteiger charge is -2.13. The lowest BCUT2D eigenvalue weighted by Crippen LogP contribution is -2.08. The number of nitrogens with zero attached hydrogens (tertiary/aromatic N) is 3. The van der Waals surface area contributed by atoms with Gasteiger partial charge in [-0.25, -0.2) is 9.97 Å². The van der Waals surface area contributed by atoms with Gasteiger partial charge in [-0.1, -0.05) is 13.8 Å². The van der Waals surface area contributed by atoms with E-state index in [1.54, 1.807) is 6.20 Å². The normalized spacial score (nSPS) is 10.5. The summed E-state index contributed by atoms with van der Waals surface area (Å²) in [5.74, 6) is 1.80. The van der Waals surface area contributed by atoms with Gasteiger partial charge in [-0.05, 0) is 25.5 Å². The SMILES string of the molecule is CCCNc1nc(CC)nc(-c2cccnc2)c1C. The van der Waals surface area contributed by atoms with Crippen LogP contribution in [-0.2, 0) is 6.42 Å². The molecule has 0 aliphatic rings. The number of anilines is 1. The highest BCUT2D eigenvalue weighted by molar-refractivity contribution is 5.67. The van der Waals surface area contributed by atoms with E-state index in [0.29, 0.717) is 0 Å². The molecule has 2 aromatic rings. The summed E-state index contributed by atoms with van der Waals surface area (Å²) >= 11 is 0. The molecule has 100 valence electrons. The van der Waals surface area contributed by atoms with Crippen molar-refractivity contribution < 1.29 is 0 Å². The van der Waals surface area contributed by atoms with Crippen LogP contribution >= 0.6 is 0 Å². The standard InChI is InChI=1S/C15H20N4/c1-4-8-17-15-11(3)14(18-13(5-2)19-15)12-7-6-9-16-10-12/h6-7,9-10H,4-5,8H2,1-3H3,(H,17,18,19). The molecular formula is C15H20N4. The minimum atomic E-state index is 0.828. The van der Waals surface area contributed by atoms with Crippen molar-refractivity contribution >= 4 is 5.82 Å². The van der Waals surface area contributed by atoms with Crippen molar-refractivity contribution in [3.63, 3.8) is 0 Å². The van der Waals surface area contributed by atoms with Crippen LogP contribution in [0.15, 0.2) is 24.5 Å². The Kier molecular flexibility index (Phi) is 4.44. The van der Waals surface area contributed by atoms with E-state index < -0.39 is 0 Å². The van der Waals surface area contributed by atoms with Crippen molar-refractivity contribution in [2.75, 3.05) is 11.9 Å². The molecule has 0 aromatic carbocycles. The van der Waals surface area contributed by atoms with Crippen LogP contribution < -0.4 is 5.32 Å². The van der Waals surface area contributed by atoms with E-state index in [9.17, 15) is 0 Å². The molecule has 2 aromatic heterocycles. The zero-order valence-corrected chi connectivity index (χ0v) is 11.8. The summed E-state index contributed by atoms with van der Waals surface area (Å²) in [7, 11) is 0. The van der Waals surface area contributed by atoms with Crippen LogP contribution in [0.2, 0.25) is 0 Å². The Balaban J connectivity index is 2.47. The summed E-state index contributed by atoms with van der Waals surface area (Å²) in [6.07, 6.45) is 5.52. The molecule has 0 saturated heterocycles. The number of aromatic nitrogens is 3. The number of nitrogens with one attached hydrogen (secondary N) is 1. The van der Waals surface area contributed by atoms with E-state index in [4.69, 9.17) is 0 Å². The maximum absolute atomic E-state index is 4.64. The second kappa shape index (κ2) is 6.27. The maximum atomic E-state index is 4.64. The molecule has 1 N–H and O–H groups in total. The van der Waals surface area contributed by atoms with Gasteiger partial charge in [-0.2, -0.15) is 0 Å². The average Bonchev–Trinajstić information content (AvgIpc) is 2.47. The number of aryl methyl sites for hydroxylation is 1. The van der Waals surface area contributed by atoms with Gasteiger partial charge in [-0.15, -0.1) is 0 Å². The molecule has 0 amide bonds. The third kappa shape index (κ3) is 3.08. The third-order valence-electron chi connectivity index (χ3n) is 2.99. The Labute approximate surface area is 114 Å². The number of rotatable bonds is 5. The lowest BCUT2D eigenvalue weighted by atomic mass is 10.1. The molecule has 0 fully saturated rings. The van der Waals surface area contributed by atoms with Crippen LogP contribution in [0.25, 0.3) is 11.3 Å². The quantitative estimate of drug-likeness (QED) is 0.892. The van der Waals surface area contributed by atoms with Crippen molar-refractivity contribution in [3.05, 3.63) is 35.9 Å². The van der Waals surface area contributed by atoms with Gasteiger partial charge >= 0.3 is 0 Å². The second-order valence-corrected chi connectivity index (χ2v) is 4.48. The summed E-state index contributed by atoms with van der Waals surface area (Å²) in [4.78, 5) is 13.4. The molecule has 4 heteroatoms. The highest BCUT2D eigenvalue weighted by Crippen LogP contribution is 2.25. The van der Waals surface area contributed by atoms with Gasteiger partial charge in [-0.3, -0.25) is 4.98 Å². The summed E-state index contributed by atoms with van der Waals surface area (Å²) in [6, 6.07) is 3.97. The molecule has 0 unspecified atom stereocenters. The van der Waals surface area contributed by atoms with E-state index in [0.717, 1.165) is 47.8 Å². The van der Waals surface area contributed by atoms with Gasteiger partial charge in [0.1, 0.15) is 11.6 Å². The highest BCUT2D eigenvalue weighted by atomic mass is 15.0. The Morgan fingerprint density at radius 1 is 1.21 bits per heavy atom. The summed E-state index contributed by atoms with van der Waals surface area (Å²) < 4.78 is 0. The molecule has 4 nitrogen and oxygen atoms in total. The van der Waals surface area contributed by atoms with Gasteiger partial charge in [0, 0.05) is 36.5 Å². The van der Waals surface area contributed by atoms with Crippen molar-refractivity contribution in [2.45, 2.75) is 33.6 Å². The Morgan fingerprint density at radius 2 is 2.05 bits per heavy atom. The third-order valence-corrected chi connectivity index (χ3v) is 2.99. The van der Waals surface area contributed by atoms with Crippen molar-refractivity contribution in [3.8, 4) is 11.3 Å². The van der Waals surface area contributed by atoms with Crippen LogP contribution in [-0.4, -0.2) is 21.5 Å². The smallest absolute Gasteiger partial charge is 0.133 e. The van der Waals surface area contributed by atoms with Gasteiger partial charge < -0.3 is 5.32 Å². The first kappa shape index (κ1) is 13.5. The van der Waals surface area contributed by atoms with Crippen molar-refractivity contribution in [1.29, 1.82) is 0 Å². The minimum absolute atomic E-state index is 0.828. The van der Waals surface area contributed by atoms with Gasteiger partial charge in [0.05, 0.1) is 5.69 Å². The zero-order chi connectivity index (χ0) is 13.7. The highest BCUT2D eigenvalue weighted by Gasteiger charge is 2.11. The zero-order valence-electron chi connectivity index (χ0n) is 11.8. The largest absolute Gasteiger partial charge is 0.370 e. The molecule has 0 aliphatic heterocycles. The summed E-state index contributed by atoms with van der Waals surface area (Å²) in [6.45, 7) is 7.20. The molecule has 0 aliphatic carbocycles. The molecule has 19 heavy (non-hydrogen) atoms. The number of hydrogen-bond acceptors (Lipinski definition) is 4. The first-order chi connectivity index (χ1) is 9.26. The van der Waals surface area contributed by atoms with Crippen LogP contribution in [0.4, 0.5) is 5.82 Å². The summed E-state index contributed by atoms with van der Waals surface area (Å²) in [5.41, 5.74) is 3.09. The molecule has 0 atom stereocenters. The average molecular weight is 256 g/mol. The monoisotopic (exact) mass is 256 g/mol. The Morgan fingerprint density at radius 3 is 2.68 bits per heavy atom. The maximum Gasteiger partial charge on any atom is 0.133 e. The summed E-state index contributed by atoms with van der Waals surface area (Å²) in [5, 5.41) is 3.38. The lowest BCUT2D eigenvalue weighted by molar-refractivity contribution is 0.910. The molecule has 2 rings (SSSR count). The van der Waals surface area contributed by atoms with Gasteiger partial charge in [0.15, 0.2) is 0 Å². The molecule has 0 saturated carbocycles. The second-order valence-electron chi connectivity index (χ2n) is 4.48. The van der Waals surface area contributed by atoms with Crippen LogP contribution in [0.5, 0.6) is 0 Å². The first-order valence-electron chi connectivity index (χ1n) is 6.78. The van der Waals surface area contributed by atoms with Crippen molar-refractivity contribution in [1.82, 2.24) is 15.0 Å². The fourth-order valence-electron chi connectivity index (χ4n) is 1.92. The fraction of sp³-hybridized carbons (Fsp3) is 0.400. The number of pyridine rings is 1. The molecular weight excluding hydrogens is 236 g/mol. The van der Waals surface area contributed by atoms with Crippen LogP contribution in [0.3, 0.4) is 0 Å². The predicted octanol–water partition coefficient (Wildman–Crippen LogP) is 3.23. The van der Waals surface area contributed by atoms with E-state index >= 15 is 0 Å². The first-order valence-corrected chi connectivity index (χ1v) is 6.78. The van der Waals surface area contributed by atoms with Crippen LogP contribution in [0, 0.1) is 6.92 Å². The topological polar surface area (TPSA) is 50.7 Å². The molecule has 0 spiro atoms. The molecule has 0 bridgehead atoms. The van der Waals surface area contributed by atoms with E-state index in [1.165, 1.54) is 0 Å². The van der Waals surface area contributed by atoms with Gasteiger partial charge in [0.25, 0.3) is 0 Å². The van der Waals surface area contributed by atoms with Gasteiger partial charge in [0.2, 0.25) is 0 Å². The Hall–Kier alpha value is -1.97. The number of hydrogen-bond donors (Lipinski definition) is 1. The predicted molar refractivity (Wildman–Crippen MR) is 78.2 cm³/mol. The van der Waals surface area contributed by atoms with E-state index in [1.807, 2.05) is 18.3 Å². The minimum Gasteiger partial charge on any atom is -0.370 e. The van der Waals surface area contributed by atoms with Crippen molar-refractivity contribution in [2.24, 2.45) is 0 Å². The van der Waals surface area contributed by atoms with E-state index in [-0.39, 0.29) is 0 Å². The molecule has 0 radical (unpaired) electrons. The van der Waals surface area contributed by atoms with E-state index in [2.05, 4.69) is 41.0 Å².